The number of carbonyl (C=O) groups excluding carboxylic acids is 3. The molecule has 0 spiro atoms. The van der Waals surface area contributed by atoms with Crippen molar-refractivity contribution in [1.29, 1.82) is 0 Å². The standard InChI is InChI=1S/C25H41N3O4S/c1-8-10-11-14-26-22(29)21(19-15-17(3)12-13-18(19)4)28(9-2)23(30)20(16-33)27-24(31)32-25(5,6)7/h12-13,15,20-21,33H,8-11,14,16H2,1-7H3,(H,26,29)(H,27,31). The van der Waals surface area contributed by atoms with Gasteiger partial charge in [0.25, 0.3) is 0 Å². The fourth-order valence-corrected chi connectivity index (χ4v) is 3.74. The van der Waals surface area contributed by atoms with E-state index in [1.165, 1.54) is 4.90 Å². The highest BCUT2D eigenvalue weighted by Gasteiger charge is 2.35. The minimum atomic E-state index is -0.927. The Balaban J connectivity index is 3.25. The predicted octanol–water partition coefficient (Wildman–Crippen LogP) is 4.32. The van der Waals surface area contributed by atoms with E-state index >= 15 is 0 Å². The van der Waals surface area contributed by atoms with Gasteiger partial charge in [-0.25, -0.2) is 4.79 Å². The molecule has 0 aliphatic heterocycles. The van der Waals surface area contributed by atoms with E-state index in [2.05, 4.69) is 30.2 Å². The highest BCUT2D eigenvalue weighted by Crippen LogP contribution is 2.26. The molecular weight excluding hydrogens is 438 g/mol. The third-order valence-electron chi connectivity index (χ3n) is 5.16. The number of ether oxygens (including phenoxy) is 1. The van der Waals surface area contributed by atoms with Gasteiger partial charge in [-0.3, -0.25) is 9.59 Å². The number of unbranched alkanes of at least 4 members (excludes halogenated alkanes) is 2. The van der Waals surface area contributed by atoms with E-state index in [1.54, 1.807) is 20.8 Å². The molecule has 2 unspecified atom stereocenters. The van der Waals surface area contributed by atoms with E-state index in [1.807, 2.05) is 39.0 Å². The lowest BCUT2D eigenvalue weighted by Gasteiger charge is -2.34. The number of amides is 3. The summed E-state index contributed by atoms with van der Waals surface area (Å²) in [5.74, 6) is -0.537. The molecule has 0 saturated carbocycles. The minimum absolute atomic E-state index is 0.0756. The van der Waals surface area contributed by atoms with Crippen LogP contribution in [0.5, 0.6) is 0 Å². The van der Waals surface area contributed by atoms with Crippen molar-refractivity contribution in [1.82, 2.24) is 15.5 Å². The smallest absolute Gasteiger partial charge is 0.408 e. The van der Waals surface area contributed by atoms with Crippen LogP contribution in [0.2, 0.25) is 0 Å². The van der Waals surface area contributed by atoms with Crippen LogP contribution in [0.3, 0.4) is 0 Å². The van der Waals surface area contributed by atoms with Gasteiger partial charge in [-0.2, -0.15) is 12.6 Å². The number of carbonyl (C=O) groups is 3. The van der Waals surface area contributed by atoms with Crippen LogP contribution in [0.25, 0.3) is 0 Å². The van der Waals surface area contributed by atoms with Gasteiger partial charge < -0.3 is 20.3 Å². The number of likely N-dealkylation sites (N-methyl/N-ethyl adjacent to an activating group) is 1. The second kappa shape index (κ2) is 13.5. The number of thiol groups is 1. The molecule has 0 bridgehead atoms. The second-order valence-corrected chi connectivity index (χ2v) is 9.63. The molecule has 33 heavy (non-hydrogen) atoms. The van der Waals surface area contributed by atoms with Crippen molar-refractivity contribution in [2.45, 2.75) is 85.4 Å². The lowest BCUT2D eigenvalue weighted by molar-refractivity contribution is -0.141. The fraction of sp³-hybridized carbons (Fsp3) is 0.640. The van der Waals surface area contributed by atoms with E-state index in [4.69, 9.17) is 4.74 Å². The first-order valence-corrected chi connectivity index (χ1v) is 12.3. The van der Waals surface area contributed by atoms with Crippen LogP contribution in [0, 0.1) is 13.8 Å². The number of alkyl carbamates (subject to hydrolysis) is 1. The second-order valence-electron chi connectivity index (χ2n) is 9.27. The molecule has 0 radical (unpaired) electrons. The van der Waals surface area contributed by atoms with Gasteiger partial charge in [-0.05, 0) is 59.1 Å². The Morgan fingerprint density at radius 2 is 1.79 bits per heavy atom. The number of nitrogens with one attached hydrogen (secondary N) is 2. The zero-order chi connectivity index (χ0) is 25.2. The molecule has 2 atom stereocenters. The highest BCUT2D eigenvalue weighted by atomic mass is 32.1. The SMILES string of the molecule is CCCCCNC(=O)C(c1cc(C)ccc1C)N(CC)C(=O)C(CS)NC(=O)OC(C)(C)C. The monoisotopic (exact) mass is 479 g/mol. The van der Waals surface area contributed by atoms with Crippen LogP contribution in [-0.4, -0.2) is 53.3 Å². The summed E-state index contributed by atoms with van der Waals surface area (Å²) in [6, 6.07) is 4.14. The third kappa shape index (κ3) is 9.27. The molecule has 186 valence electrons. The molecule has 7 nitrogen and oxygen atoms in total. The van der Waals surface area contributed by atoms with Gasteiger partial charge >= 0.3 is 6.09 Å². The van der Waals surface area contributed by atoms with Gasteiger partial charge in [0.2, 0.25) is 11.8 Å². The first-order valence-electron chi connectivity index (χ1n) is 11.7. The number of rotatable bonds is 11. The molecule has 0 aliphatic carbocycles. The molecule has 3 amide bonds. The topological polar surface area (TPSA) is 87.7 Å². The van der Waals surface area contributed by atoms with Crippen molar-refractivity contribution < 1.29 is 19.1 Å². The first kappa shape index (κ1) is 28.8. The van der Waals surface area contributed by atoms with Crippen molar-refractivity contribution in [2.75, 3.05) is 18.8 Å². The minimum Gasteiger partial charge on any atom is -0.444 e. The molecule has 0 fully saturated rings. The Kier molecular flexibility index (Phi) is 11.8. The van der Waals surface area contributed by atoms with E-state index in [9.17, 15) is 14.4 Å². The van der Waals surface area contributed by atoms with Gasteiger partial charge in [0.05, 0.1) is 0 Å². The maximum Gasteiger partial charge on any atom is 0.408 e. The quantitative estimate of drug-likeness (QED) is 0.326. The maximum absolute atomic E-state index is 13.5. The summed E-state index contributed by atoms with van der Waals surface area (Å²) < 4.78 is 5.30. The van der Waals surface area contributed by atoms with Gasteiger partial charge in [0.15, 0.2) is 0 Å². The van der Waals surface area contributed by atoms with E-state index in [0.717, 1.165) is 36.0 Å². The van der Waals surface area contributed by atoms with Gasteiger partial charge in [0, 0.05) is 18.8 Å². The zero-order valence-electron chi connectivity index (χ0n) is 21.2. The van der Waals surface area contributed by atoms with E-state index in [0.29, 0.717) is 13.1 Å². The molecule has 8 heteroatoms. The van der Waals surface area contributed by atoms with Crippen LogP contribution in [0.15, 0.2) is 18.2 Å². The Bertz CT molecular complexity index is 807. The van der Waals surface area contributed by atoms with Gasteiger partial charge in [-0.1, -0.05) is 43.5 Å². The van der Waals surface area contributed by atoms with Gasteiger partial charge in [-0.15, -0.1) is 0 Å². The summed E-state index contributed by atoms with van der Waals surface area (Å²) >= 11 is 4.28. The normalized spacial score (nSPS) is 13.1. The summed E-state index contributed by atoms with van der Waals surface area (Å²) in [5.41, 5.74) is 2.00. The lowest BCUT2D eigenvalue weighted by Crippen LogP contribution is -2.53. The summed E-state index contributed by atoms with van der Waals surface area (Å²) in [6.45, 7) is 13.9. The molecular formula is C25H41N3O4S. The fourth-order valence-electron chi connectivity index (χ4n) is 3.49. The van der Waals surface area contributed by atoms with Crippen molar-refractivity contribution in [3.63, 3.8) is 0 Å². The average molecular weight is 480 g/mol. The van der Waals surface area contributed by atoms with Crippen molar-refractivity contribution in [3.8, 4) is 0 Å². The molecule has 0 heterocycles. The molecule has 0 saturated heterocycles. The van der Waals surface area contributed by atoms with Crippen LogP contribution < -0.4 is 10.6 Å². The van der Waals surface area contributed by atoms with Gasteiger partial charge in [0.1, 0.15) is 17.7 Å². The Morgan fingerprint density at radius 3 is 2.33 bits per heavy atom. The van der Waals surface area contributed by atoms with Crippen LogP contribution >= 0.6 is 12.6 Å². The van der Waals surface area contributed by atoms with Crippen molar-refractivity contribution >= 4 is 30.5 Å². The summed E-state index contributed by atoms with van der Waals surface area (Å²) in [5, 5.41) is 5.61. The Labute approximate surface area is 204 Å². The predicted molar refractivity (Wildman–Crippen MR) is 136 cm³/mol. The largest absolute Gasteiger partial charge is 0.444 e. The number of hydrogen-bond donors (Lipinski definition) is 3. The molecule has 1 aromatic carbocycles. The summed E-state index contributed by atoms with van der Waals surface area (Å²) in [6.07, 6.45) is 2.25. The molecule has 1 rings (SSSR count). The van der Waals surface area contributed by atoms with Crippen LogP contribution in [0.1, 0.15) is 76.6 Å². The summed E-state index contributed by atoms with van der Waals surface area (Å²) in [4.78, 5) is 40.7. The van der Waals surface area contributed by atoms with Crippen LogP contribution in [-0.2, 0) is 14.3 Å². The maximum atomic E-state index is 13.5. The van der Waals surface area contributed by atoms with E-state index in [-0.39, 0.29) is 17.6 Å². The Hall–Kier alpha value is -2.22. The number of nitrogens with zero attached hydrogens (tertiary/aromatic N) is 1. The molecule has 1 aromatic rings. The lowest BCUT2D eigenvalue weighted by atomic mass is 9.96. The van der Waals surface area contributed by atoms with Crippen molar-refractivity contribution in [3.05, 3.63) is 34.9 Å². The molecule has 0 aromatic heterocycles. The van der Waals surface area contributed by atoms with Crippen LogP contribution in [0.4, 0.5) is 4.79 Å². The third-order valence-corrected chi connectivity index (χ3v) is 5.53. The number of benzene rings is 1. The molecule has 2 N–H and O–H groups in total. The number of hydrogen-bond acceptors (Lipinski definition) is 5. The van der Waals surface area contributed by atoms with Crippen molar-refractivity contribution in [2.24, 2.45) is 0 Å². The van der Waals surface area contributed by atoms with E-state index < -0.39 is 23.8 Å². The Morgan fingerprint density at radius 1 is 1.12 bits per heavy atom. The molecule has 0 aliphatic rings. The first-order chi connectivity index (χ1) is 15.4. The highest BCUT2D eigenvalue weighted by molar-refractivity contribution is 7.80. The summed E-state index contributed by atoms with van der Waals surface area (Å²) in [7, 11) is 0. The zero-order valence-corrected chi connectivity index (χ0v) is 22.1. The number of aryl methyl sites for hydroxylation is 2. The average Bonchev–Trinajstić information content (AvgIpc) is 2.73.